The van der Waals surface area contributed by atoms with E-state index in [9.17, 15) is 9.36 Å². The Morgan fingerprint density at radius 3 is 2.06 bits per heavy atom. The molecule has 2 bridgehead atoms. The molecule has 1 aromatic carbocycles. The molecule has 1 aromatic heterocycles. The molecule has 3 fully saturated rings. The van der Waals surface area contributed by atoms with E-state index in [1.54, 1.807) is 13.8 Å². The molecule has 1 saturated carbocycles. The van der Waals surface area contributed by atoms with E-state index in [2.05, 4.69) is 9.88 Å². The number of rotatable bonds is 7. The van der Waals surface area contributed by atoms with Gasteiger partial charge in [0.15, 0.2) is 0 Å². The fraction of sp³-hybridized carbons (Fsp3) is 0.714. The lowest BCUT2D eigenvalue weighted by atomic mass is 9.79. The van der Waals surface area contributed by atoms with Crippen LogP contribution >= 0.6 is 7.60 Å². The first kappa shape index (κ1) is 26.1. The molecule has 2 aliphatic heterocycles. The summed E-state index contributed by atoms with van der Waals surface area (Å²) in [6.07, 6.45) is 15.0. The molecule has 198 valence electrons. The third kappa shape index (κ3) is 5.09. The summed E-state index contributed by atoms with van der Waals surface area (Å²) in [5.41, 5.74) is 1.09. The summed E-state index contributed by atoms with van der Waals surface area (Å²) in [5, 5.41) is 0. The highest BCUT2D eigenvalue weighted by atomic mass is 31.2. The van der Waals surface area contributed by atoms with E-state index in [0.29, 0.717) is 23.6 Å². The quantitative estimate of drug-likeness (QED) is 0.424. The van der Waals surface area contributed by atoms with E-state index in [1.165, 1.54) is 64.2 Å². The first-order valence-electron chi connectivity index (χ1n) is 14.2. The summed E-state index contributed by atoms with van der Waals surface area (Å²) in [5.74, 6) is 0. The van der Waals surface area contributed by atoms with Crippen molar-refractivity contribution < 1.29 is 13.6 Å². The maximum absolute atomic E-state index is 14.0. The normalized spacial score (nSPS) is 26.6. The van der Waals surface area contributed by atoms with Gasteiger partial charge in [0.1, 0.15) is 0 Å². The minimum Gasteiger partial charge on any atom is -0.304 e. The summed E-state index contributed by atoms with van der Waals surface area (Å²) < 4.78 is 26.7. The van der Waals surface area contributed by atoms with Gasteiger partial charge in [-0.2, -0.15) is 0 Å². The van der Waals surface area contributed by atoms with Crippen LogP contribution in [0.4, 0.5) is 0 Å². The van der Waals surface area contributed by atoms with Crippen molar-refractivity contribution >= 4 is 24.1 Å². The molecule has 0 N–H and O–H groups in total. The Labute approximate surface area is 215 Å². The van der Waals surface area contributed by atoms with Gasteiger partial charge in [0.05, 0.1) is 24.2 Å². The van der Waals surface area contributed by atoms with Crippen LogP contribution in [0.3, 0.4) is 0 Å². The van der Waals surface area contributed by atoms with Crippen LogP contribution in [0.2, 0.25) is 0 Å². The molecule has 0 amide bonds. The first-order valence-corrected chi connectivity index (χ1v) is 15.8. The number of aromatic nitrogens is 2. The monoisotopic (exact) mass is 515 g/mol. The predicted octanol–water partition coefficient (Wildman–Crippen LogP) is 5.96. The van der Waals surface area contributed by atoms with Crippen molar-refractivity contribution in [2.45, 2.75) is 115 Å². The lowest BCUT2D eigenvalue weighted by Crippen LogP contribution is -2.57. The Balaban J connectivity index is 1.53. The topological polar surface area (TPSA) is 73.7 Å². The van der Waals surface area contributed by atoms with E-state index in [-0.39, 0.29) is 30.2 Å². The van der Waals surface area contributed by atoms with Gasteiger partial charge in [-0.1, -0.05) is 50.7 Å². The minimum atomic E-state index is -3.81. The van der Waals surface area contributed by atoms with Crippen molar-refractivity contribution in [2.24, 2.45) is 0 Å². The summed E-state index contributed by atoms with van der Waals surface area (Å²) >= 11 is 0. The highest BCUT2D eigenvalue weighted by Gasteiger charge is 2.43. The smallest absolute Gasteiger partial charge is 0.304 e. The average Bonchev–Trinajstić information content (AvgIpc) is 2.83. The van der Waals surface area contributed by atoms with Gasteiger partial charge in [-0.15, -0.1) is 0 Å². The van der Waals surface area contributed by atoms with Crippen molar-refractivity contribution in [1.29, 1.82) is 0 Å². The molecule has 5 rings (SSSR count). The molecule has 0 spiro atoms. The van der Waals surface area contributed by atoms with Gasteiger partial charge in [0, 0.05) is 24.2 Å². The summed E-state index contributed by atoms with van der Waals surface area (Å²) in [4.78, 5) is 21.4. The van der Waals surface area contributed by atoms with Crippen molar-refractivity contribution in [2.75, 3.05) is 13.2 Å². The Morgan fingerprint density at radius 2 is 1.42 bits per heavy atom. The van der Waals surface area contributed by atoms with Gasteiger partial charge in [-0.25, -0.2) is 4.98 Å². The number of para-hydroxylation sites is 2. The van der Waals surface area contributed by atoms with E-state index in [4.69, 9.17) is 9.05 Å². The van der Waals surface area contributed by atoms with E-state index >= 15 is 0 Å². The van der Waals surface area contributed by atoms with E-state index in [1.807, 2.05) is 28.8 Å². The highest BCUT2D eigenvalue weighted by Crippen LogP contribution is 2.46. The van der Waals surface area contributed by atoms with Gasteiger partial charge in [-0.3, -0.25) is 14.3 Å². The van der Waals surface area contributed by atoms with Gasteiger partial charge in [0.25, 0.3) is 5.56 Å². The average molecular weight is 516 g/mol. The molecule has 3 aliphatic rings. The molecular weight excluding hydrogens is 473 g/mol. The van der Waals surface area contributed by atoms with Crippen LogP contribution < -0.4 is 11.0 Å². The molecule has 3 atom stereocenters. The maximum atomic E-state index is 14.0. The van der Waals surface area contributed by atoms with Gasteiger partial charge in [-0.05, 0) is 64.5 Å². The number of fused-ring (bicyclic) bond motifs is 3. The Hall–Kier alpha value is -1.53. The fourth-order valence-corrected chi connectivity index (χ4v) is 8.68. The molecule has 8 heteroatoms. The molecule has 2 aromatic rings. The molecule has 7 nitrogen and oxygen atoms in total. The molecule has 2 saturated heterocycles. The second kappa shape index (κ2) is 11.5. The number of hydrogen-bond acceptors (Lipinski definition) is 6. The van der Waals surface area contributed by atoms with Gasteiger partial charge in [0.2, 0.25) is 5.44 Å². The zero-order chi connectivity index (χ0) is 25.1. The standard InChI is InChI=1S/C28H42N3O4P/c1-3-34-36(33,35-4-2)27-28(32)31(26-18-11-10-17-25(26)29-27)24-19-22-15-12-16-23(20-24)30(22)21-13-8-6-5-7-9-14-21/h10-11,17-18,21-24H,3-9,12-16,19-20H2,1-2H3/t22-,23+,24+. The SMILES string of the molecule is CCOP(=O)(OCC)c1nc2ccccc2n([C@H]2C[C@H]3CCC[C@@H](C2)N3C2CCCCCCC2)c1=O. The molecule has 1 aliphatic carbocycles. The van der Waals surface area contributed by atoms with Crippen LogP contribution in [0, 0.1) is 0 Å². The summed E-state index contributed by atoms with van der Waals surface area (Å²) in [6.45, 7) is 3.90. The van der Waals surface area contributed by atoms with Crippen LogP contribution in [-0.4, -0.2) is 45.8 Å². The minimum absolute atomic E-state index is 0.0564. The highest BCUT2D eigenvalue weighted by molar-refractivity contribution is 7.61. The number of nitrogens with zero attached hydrogens (tertiary/aromatic N) is 3. The molecule has 0 radical (unpaired) electrons. The second-order valence-corrected chi connectivity index (χ2v) is 12.7. The fourth-order valence-electron chi connectivity index (χ4n) is 7.11. The van der Waals surface area contributed by atoms with Crippen molar-refractivity contribution in [1.82, 2.24) is 14.5 Å². The lowest BCUT2D eigenvalue weighted by Gasteiger charge is -2.53. The second-order valence-electron chi connectivity index (χ2n) is 10.7. The zero-order valence-corrected chi connectivity index (χ0v) is 22.8. The third-order valence-corrected chi connectivity index (χ3v) is 10.5. The summed E-state index contributed by atoms with van der Waals surface area (Å²) in [6, 6.07) is 9.46. The van der Waals surface area contributed by atoms with Crippen molar-refractivity contribution in [3.05, 3.63) is 34.6 Å². The Morgan fingerprint density at radius 1 is 0.833 bits per heavy atom. The van der Waals surface area contributed by atoms with Crippen LogP contribution in [0.1, 0.15) is 96.9 Å². The summed E-state index contributed by atoms with van der Waals surface area (Å²) in [7, 11) is -3.81. The molecule has 0 unspecified atom stereocenters. The van der Waals surface area contributed by atoms with E-state index < -0.39 is 7.60 Å². The zero-order valence-electron chi connectivity index (χ0n) is 21.9. The number of hydrogen-bond donors (Lipinski definition) is 0. The largest absolute Gasteiger partial charge is 0.385 e. The molecule has 3 heterocycles. The maximum Gasteiger partial charge on any atom is 0.385 e. The van der Waals surface area contributed by atoms with Crippen LogP contribution in [0.15, 0.2) is 29.1 Å². The van der Waals surface area contributed by atoms with Crippen molar-refractivity contribution in [3.8, 4) is 0 Å². The van der Waals surface area contributed by atoms with E-state index in [0.717, 1.165) is 18.4 Å². The number of piperidine rings is 2. The predicted molar refractivity (Wildman–Crippen MR) is 144 cm³/mol. The lowest BCUT2D eigenvalue weighted by molar-refractivity contribution is -0.0246. The van der Waals surface area contributed by atoms with Crippen LogP contribution in [0.5, 0.6) is 0 Å². The van der Waals surface area contributed by atoms with Crippen LogP contribution in [-0.2, 0) is 13.6 Å². The third-order valence-electron chi connectivity index (χ3n) is 8.50. The Bertz CT molecular complexity index is 1120. The number of benzene rings is 1. The Kier molecular flexibility index (Phi) is 8.31. The van der Waals surface area contributed by atoms with Gasteiger partial charge < -0.3 is 13.6 Å². The first-order chi connectivity index (χ1) is 17.6. The van der Waals surface area contributed by atoms with Crippen molar-refractivity contribution in [3.63, 3.8) is 0 Å². The molecule has 36 heavy (non-hydrogen) atoms. The van der Waals surface area contributed by atoms with Crippen LogP contribution in [0.25, 0.3) is 11.0 Å². The molecular formula is C28H42N3O4P. The van der Waals surface area contributed by atoms with Gasteiger partial charge >= 0.3 is 7.60 Å².